The molecule has 2 aromatic carbocycles. The van der Waals surface area contributed by atoms with Gasteiger partial charge in [-0.3, -0.25) is 0 Å². The fraction of sp³-hybridized carbons (Fsp3) is 0.200. The molecule has 0 bridgehead atoms. The number of nitrogens with two attached hydrogens (primary N) is 1. The summed E-state index contributed by atoms with van der Waals surface area (Å²) in [6.07, 6.45) is 0.952. The van der Waals surface area contributed by atoms with Gasteiger partial charge in [-0.1, -0.05) is 41.1 Å². The molecule has 94 valence electrons. The summed E-state index contributed by atoms with van der Waals surface area (Å²) in [4.78, 5) is 0. The van der Waals surface area contributed by atoms with Crippen molar-refractivity contribution in [3.8, 4) is 11.5 Å². The Morgan fingerprint density at radius 3 is 2.67 bits per heavy atom. The van der Waals surface area contributed by atoms with Crippen LogP contribution in [0.4, 0.5) is 0 Å². The highest BCUT2D eigenvalue weighted by Crippen LogP contribution is 2.28. The lowest BCUT2D eigenvalue weighted by Gasteiger charge is -2.11. The van der Waals surface area contributed by atoms with Crippen LogP contribution >= 0.6 is 15.9 Å². The monoisotopic (exact) mass is 305 g/mol. The zero-order valence-corrected chi connectivity index (χ0v) is 11.9. The summed E-state index contributed by atoms with van der Waals surface area (Å²) < 4.78 is 6.92. The smallest absolute Gasteiger partial charge is 0.130 e. The maximum Gasteiger partial charge on any atom is 0.130 e. The maximum atomic E-state index is 5.94. The number of para-hydroxylation sites is 1. The number of hydrogen-bond donors (Lipinski definition) is 1. The van der Waals surface area contributed by atoms with Gasteiger partial charge in [0.05, 0.1) is 0 Å². The van der Waals surface area contributed by atoms with E-state index >= 15 is 0 Å². The van der Waals surface area contributed by atoms with Gasteiger partial charge in [-0.15, -0.1) is 0 Å². The summed E-state index contributed by atoms with van der Waals surface area (Å²) in [6, 6.07) is 14.0. The summed E-state index contributed by atoms with van der Waals surface area (Å²) in [5.41, 5.74) is 7.91. The van der Waals surface area contributed by atoms with Gasteiger partial charge in [0.15, 0.2) is 0 Å². The minimum absolute atomic E-state index is 0.505. The zero-order valence-electron chi connectivity index (χ0n) is 10.3. The minimum Gasteiger partial charge on any atom is -0.457 e. The van der Waals surface area contributed by atoms with Gasteiger partial charge in [0, 0.05) is 11.0 Å². The topological polar surface area (TPSA) is 35.2 Å². The minimum atomic E-state index is 0.505. The van der Waals surface area contributed by atoms with E-state index in [1.54, 1.807) is 0 Å². The molecule has 0 atom stereocenters. The molecule has 18 heavy (non-hydrogen) atoms. The molecule has 0 heterocycles. The molecule has 0 aliphatic heterocycles. The quantitative estimate of drug-likeness (QED) is 0.916. The van der Waals surface area contributed by atoms with Crippen LogP contribution in [-0.2, 0) is 13.0 Å². The molecule has 0 aliphatic carbocycles. The van der Waals surface area contributed by atoms with Crippen molar-refractivity contribution in [2.24, 2.45) is 5.73 Å². The Hall–Kier alpha value is -1.32. The van der Waals surface area contributed by atoms with E-state index < -0.39 is 0 Å². The van der Waals surface area contributed by atoms with Crippen LogP contribution < -0.4 is 10.5 Å². The number of benzene rings is 2. The molecule has 0 aliphatic rings. The first-order chi connectivity index (χ1) is 8.72. The Bertz CT molecular complexity index is 540. The summed E-state index contributed by atoms with van der Waals surface area (Å²) in [5, 5.41) is 0. The second kappa shape index (κ2) is 6.03. The molecule has 2 nitrogen and oxygen atoms in total. The fourth-order valence-electron chi connectivity index (χ4n) is 1.82. The molecule has 0 saturated heterocycles. The van der Waals surface area contributed by atoms with E-state index in [-0.39, 0.29) is 0 Å². The van der Waals surface area contributed by atoms with E-state index in [1.165, 1.54) is 5.56 Å². The van der Waals surface area contributed by atoms with Crippen molar-refractivity contribution in [3.63, 3.8) is 0 Å². The largest absolute Gasteiger partial charge is 0.457 e. The highest BCUT2D eigenvalue weighted by atomic mass is 79.9. The van der Waals surface area contributed by atoms with Gasteiger partial charge in [0.25, 0.3) is 0 Å². The van der Waals surface area contributed by atoms with Crippen molar-refractivity contribution < 1.29 is 4.74 Å². The summed E-state index contributed by atoms with van der Waals surface area (Å²) in [6.45, 7) is 2.62. The average Bonchev–Trinajstić information content (AvgIpc) is 2.38. The third kappa shape index (κ3) is 3.12. The number of rotatable bonds is 4. The molecule has 0 saturated carbocycles. The first-order valence-corrected chi connectivity index (χ1v) is 6.77. The molecule has 0 spiro atoms. The maximum absolute atomic E-state index is 5.94. The van der Waals surface area contributed by atoms with Crippen molar-refractivity contribution in [2.75, 3.05) is 0 Å². The van der Waals surface area contributed by atoms with E-state index in [9.17, 15) is 0 Å². The molecule has 0 unspecified atom stereocenters. The summed E-state index contributed by atoms with van der Waals surface area (Å²) >= 11 is 3.47. The molecule has 2 rings (SSSR count). The third-order valence-corrected chi connectivity index (χ3v) is 3.21. The van der Waals surface area contributed by atoms with E-state index in [0.29, 0.717) is 6.54 Å². The Balaban J connectivity index is 2.30. The lowest BCUT2D eigenvalue weighted by atomic mass is 10.1. The van der Waals surface area contributed by atoms with Crippen molar-refractivity contribution >= 4 is 15.9 Å². The van der Waals surface area contributed by atoms with Gasteiger partial charge < -0.3 is 10.5 Å². The highest BCUT2D eigenvalue weighted by Gasteiger charge is 2.04. The van der Waals surface area contributed by atoms with Crippen LogP contribution in [0.15, 0.2) is 46.9 Å². The van der Waals surface area contributed by atoms with Gasteiger partial charge in [0.2, 0.25) is 0 Å². The van der Waals surface area contributed by atoms with Gasteiger partial charge >= 0.3 is 0 Å². The number of ether oxygens (including phenoxy) is 1. The van der Waals surface area contributed by atoms with Crippen LogP contribution in [0.3, 0.4) is 0 Å². The van der Waals surface area contributed by atoms with Gasteiger partial charge in [0.1, 0.15) is 11.5 Å². The molecule has 2 N–H and O–H groups in total. The Morgan fingerprint density at radius 1 is 1.17 bits per heavy atom. The summed E-state index contributed by atoms with van der Waals surface area (Å²) in [7, 11) is 0. The van der Waals surface area contributed by atoms with Crippen LogP contribution in [0, 0.1) is 0 Å². The molecule has 0 radical (unpaired) electrons. The molecular formula is C15H16BrNO. The Morgan fingerprint density at radius 2 is 1.94 bits per heavy atom. The number of halogens is 1. The molecular weight excluding hydrogens is 290 g/mol. The van der Waals surface area contributed by atoms with Gasteiger partial charge in [-0.05, 0) is 41.8 Å². The van der Waals surface area contributed by atoms with E-state index in [2.05, 4.69) is 28.9 Å². The normalized spacial score (nSPS) is 10.4. The van der Waals surface area contributed by atoms with E-state index in [4.69, 9.17) is 10.5 Å². The second-order valence-corrected chi connectivity index (χ2v) is 4.98. The van der Waals surface area contributed by atoms with Crippen LogP contribution in [0.2, 0.25) is 0 Å². The first-order valence-electron chi connectivity index (χ1n) is 5.98. The fourth-order valence-corrected chi connectivity index (χ4v) is 2.34. The van der Waals surface area contributed by atoms with Crippen molar-refractivity contribution in [1.82, 2.24) is 0 Å². The van der Waals surface area contributed by atoms with E-state index in [1.807, 2.05) is 36.4 Å². The second-order valence-electron chi connectivity index (χ2n) is 4.06. The van der Waals surface area contributed by atoms with Crippen molar-refractivity contribution in [3.05, 3.63) is 58.1 Å². The molecule has 0 fully saturated rings. The Labute approximate surface area is 116 Å². The van der Waals surface area contributed by atoms with Crippen LogP contribution in [0.1, 0.15) is 18.1 Å². The lowest BCUT2D eigenvalue weighted by molar-refractivity contribution is 0.476. The van der Waals surface area contributed by atoms with Gasteiger partial charge in [-0.2, -0.15) is 0 Å². The predicted octanol–water partition coefficient (Wildman–Crippen LogP) is 4.26. The molecule has 3 heteroatoms. The van der Waals surface area contributed by atoms with E-state index in [0.717, 1.165) is 28.0 Å². The number of aryl methyl sites for hydroxylation is 1. The zero-order chi connectivity index (χ0) is 13.0. The predicted molar refractivity (Wildman–Crippen MR) is 77.9 cm³/mol. The standard InChI is InChI=1S/C15H16BrNO/c1-2-12-5-3-4-6-15(12)18-14-8-11(10-17)7-13(16)9-14/h3-9H,2,10,17H2,1H3. The van der Waals surface area contributed by atoms with Crippen LogP contribution in [-0.4, -0.2) is 0 Å². The lowest BCUT2D eigenvalue weighted by Crippen LogP contribution is -1.97. The number of hydrogen-bond acceptors (Lipinski definition) is 2. The Kier molecular flexibility index (Phi) is 4.39. The average molecular weight is 306 g/mol. The third-order valence-electron chi connectivity index (χ3n) is 2.75. The molecule has 0 amide bonds. The summed E-state index contributed by atoms with van der Waals surface area (Å²) in [5.74, 6) is 1.71. The van der Waals surface area contributed by atoms with Crippen molar-refractivity contribution in [2.45, 2.75) is 19.9 Å². The van der Waals surface area contributed by atoms with Crippen molar-refractivity contribution in [1.29, 1.82) is 0 Å². The highest BCUT2D eigenvalue weighted by molar-refractivity contribution is 9.10. The molecule has 0 aromatic heterocycles. The first kappa shape index (κ1) is 13.1. The molecule has 2 aromatic rings. The SMILES string of the molecule is CCc1ccccc1Oc1cc(Br)cc(CN)c1. The van der Waals surface area contributed by atoms with Crippen LogP contribution in [0.25, 0.3) is 0 Å². The van der Waals surface area contributed by atoms with Gasteiger partial charge in [-0.25, -0.2) is 0 Å². The van der Waals surface area contributed by atoms with Crippen LogP contribution in [0.5, 0.6) is 11.5 Å².